The summed E-state index contributed by atoms with van der Waals surface area (Å²) < 4.78 is 29.6. The van der Waals surface area contributed by atoms with Gasteiger partial charge in [-0.25, -0.2) is 13.6 Å². The molecule has 0 amide bonds. The highest BCUT2D eigenvalue weighted by Crippen LogP contribution is 2.37. The Bertz CT molecular complexity index is 624. The van der Waals surface area contributed by atoms with E-state index >= 15 is 0 Å². The zero-order valence-corrected chi connectivity index (χ0v) is 14.1. The van der Waals surface area contributed by atoms with Crippen molar-refractivity contribution in [3.05, 3.63) is 23.3 Å². The van der Waals surface area contributed by atoms with Crippen LogP contribution in [0.15, 0.2) is 17.0 Å². The second kappa shape index (κ2) is 5.61. The third-order valence-electron chi connectivity index (χ3n) is 3.99. The maximum Gasteiger partial charge on any atom is 0.238 e. The van der Waals surface area contributed by atoms with Gasteiger partial charge in [0.15, 0.2) is 0 Å². The monoisotopic (exact) mass is 311 g/mol. The van der Waals surface area contributed by atoms with Crippen molar-refractivity contribution in [1.82, 2.24) is 0 Å². The summed E-state index contributed by atoms with van der Waals surface area (Å²) >= 11 is 0. The molecular weight excluding hydrogens is 286 g/mol. The van der Waals surface area contributed by atoms with Crippen molar-refractivity contribution in [3.63, 3.8) is 0 Å². The van der Waals surface area contributed by atoms with Crippen LogP contribution in [0.25, 0.3) is 0 Å². The number of hydrogen-bond donors (Lipinski definition) is 1. The Morgan fingerprint density at radius 2 is 1.76 bits per heavy atom. The number of nitrogens with two attached hydrogens (primary N) is 1. The number of primary sulfonamides is 1. The fraction of sp³-hybridized carbons (Fsp3) is 0.625. The van der Waals surface area contributed by atoms with E-state index in [1.807, 2.05) is 26.8 Å². The minimum atomic E-state index is -3.72. The molecule has 1 aromatic rings. The Morgan fingerprint density at radius 3 is 2.24 bits per heavy atom. The quantitative estimate of drug-likeness (QED) is 0.931. The summed E-state index contributed by atoms with van der Waals surface area (Å²) in [5.74, 6) is 0.791. The van der Waals surface area contributed by atoms with Gasteiger partial charge in [-0.1, -0.05) is 20.8 Å². The van der Waals surface area contributed by atoms with Crippen molar-refractivity contribution < 1.29 is 13.2 Å². The summed E-state index contributed by atoms with van der Waals surface area (Å²) in [6, 6.07) is 3.49. The van der Waals surface area contributed by atoms with Crippen LogP contribution in [-0.4, -0.2) is 14.5 Å². The fourth-order valence-electron chi connectivity index (χ4n) is 2.84. The van der Waals surface area contributed by atoms with E-state index in [1.54, 1.807) is 13.0 Å². The second-order valence-electron chi connectivity index (χ2n) is 6.93. The Morgan fingerprint density at radius 1 is 1.19 bits per heavy atom. The molecule has 1 aromatic carbocycles. The predicted octanol–water partition coefficient (Wildman–Crippen LogP) is 3.26. The number of aryl methyl sites for hydroxylation is 1. The van der Waals surface area contributed by atoms with Crippen LogP contribution in [0.1, 0.15) is 57.6 Å². The van der Waals surface area contributed by atoms with Gasteiger partial charge in [0.1, 0.15) is 5.75 Å². The average Bonchev–Trinajstić information content (AvgIpc) is 2.78. The molecule has 2 rings (SSSR count). The average molecular weight is 311 g/mol. The maximum atomic E-state index is 11.7. The van der Waals surface area contributed by atoms with E-state index in [0.29, 0.717) is 5.56 Å². The first-order valence-electron chi connectivity index (χ1n) is 7.43. The largest absolute Gasteiger partial charge is 0.490 e. The van der Waals surface area contributed by atoms with Crippen molar-refractivity contribution >= 4 is 10.0 Å². The highest BCUT2D eigenvalue weighted by Gasteiger charge is 2.26. The van der Waals surface area contributed by atoms with E-state index < -0.39 is 10.0 Å². The van der Waals surface area contributed by atoms with E-state index in [-0.39, 0.29) is 16.4 Å². The van der Waals surface area contributed by atoms with Gasteiger partial charge in [0.25, 0.3) is 0 Å². The molecule has 0 radical (unpaired) electrons. The van der Waals surface area contributed by atoms with Gasteiger partial charge in [0.05, 0.1) is 11.0 Å². The number of sulfonamides is 1. The van der Waals surface area contributed by atoms with E-state index in [4.69, 9.17) is 9.88 Å². The molecule has 1 saturated carbocycles. The first kappa shape index (κ1) is 16.3. The summed E-state index contributed by atoms with van der Waals surface area (Å²) in [5.41, 5.74) is 1.32. The van der Waals surface area contributed by atoms with Crippen LogP contribution in [0, 0.1) is 6.92 Å². The van der Waals surface area contributed by atoms with Crippen molar-refractivity contribution in [3.8, 4) is 5.75 Å². The van der Waals surface area contributed by atoms with Gasteiger partial charge in [-0.05, 0) is 55.7 Å². The van der Waals surface area contributed by atoms with Crippen LogP contribution in [0.2, 0.25) is 0 Å². The Balaban J connectivity index is 2.50. The van der Waals surface area contributed by atoms with Gasteiger partial charge in [-0.2, -0.15) is 0 Å². The standard InChI is InChI=1S/C16H25NO3S/c1-11-9-14(20-12-7-5-6-8-12)13(16(2,3)4)10-15(11)21(17,18)19/h9-10,12H,5-8H2,1-4H3,(H2,17,18,19). The van der Waals surface area contributed by atoms with Gasteiger partial charge in [0.2, 0.25) is 10.0 Å². The molecule has 4 nitrogen and oxygen atoms in total. The number of hydrogen-bond acceptors (Lipinski definition) is 3. The second-order valence-corrected chi connectivity index (χ2v) is 8.46. The van der Waals surface area contributed by atoms with E-state index in [2.05, 4.69) is 0 Å². The molecule has 0 saturated heterocycles. The zero-order chi connectivity index (χ0) is 15.8. The van der Waals surface area contributed by atoms with Crippen LogP contribution >= 0.6 is 0 Å². The summed E-state index contributed by atoms with van der Waals surface area (Å²) in [6.45, 7) is 7.90. The van der Waals surface area contributed by atoms with Crippen molar-refractivity contribution in [1.29, 1.82) is 0 Å². The molecule has 0 heterocycles. The minimum absolute atomic E-state index is 0.186. The van der Waals surface area contributed by atoms with Crippen molar-refractivity contribution in [2.75, 3.05) is 0 Å². The summed E-state index contributed by atoms with van der Waals surface area (Å²) in [6.07, 6.45) is 4.78. The number of ether oxygens (including phenoxy) is 1. The van der Waals surface area contributed by atoms with Crippen molar-refractivity contribution in [2.45, 2.75) is 69.8 Å². The zero-order valence-electron chi connectivity index (χ0n) is 13.3. The predicted molar refractivity (Wildman–Crippen MR) is 84.1 cm³/mol. The Labute approximate surface area is 127 Å². The maximum absolute atomic E-state index is 11.7. The first-order chi connectivity index (χ1) is 9.59. The van der Waals surface area contributed by atoms with Gasteiger partial charge in [-0.15, -0.1) is 0 Å². The number of rotatable bonds is 3. The van der Waals surface area contributed by atoms with Crippen LogP contribution in [0.5, 0.6) is 5.75 Å². The SMILES string of the molecule is Cc1cc(OC2CCCC2)c(C(C)(C)C)cc1S(N)(=O)=O. The molecule has 1 aliphatic carbocycles. The summed E-state index contributed by atoms with van der Waals surface area (Å²) in [5, 5.41) is 5.31. The van der Waals surface area contributed by atoms with Crippen LogP contribution in [0.3, 0.4) is 0 Å². The van der Waals surface area contributed by atoms with Gasteiger partial charge >= 0.3 is 0 Å². The third-order valence-corrected chi connectivity index (χ3v) is 5.04. The smallest absolute Gasteiger partial charge is 0.238 e. The molecule has 0 spiro atoms. The lowest BCUT2D eigenvalue weighted by Gasteiger charge is -2.26. The lowest BCUT2D eigenvalue weighted by Crippen LogP contribution is -2.20. The van der Waals surface area contributed by atoms with Crippen LogP contribution in [0.4, 0.5) is 0 Å². The molecule has 2 N–H and O–H groups in total. The highest BCUT2D eigenvalue weighted by molar-refractivity contribution is 7.89. The summed E-state index contributed by atoms with van der Waals surface area (Å²) in [7, 11) is -3.72. The van der Waals surface area contributed by atoms with Gasteiger partial charge in [-0.3, -0.25) is 0 Å². The molecule has 5 heteroatoms. The minimum Gasteiger partial charge on any atom is -0.490 e. The van der Waals surface area contributed by atoms with Crippen LogP contribution < -0.4 is 9.88 Å². The molecule has 0 unspecified atom stereocenters. The molecule has 1 aliphatic rings. The van der Waals surface area contributed by atoms with E-state index in [1.165, 1.54) is 12.8 Å². The fourth-order valence-corrected chi connectivity index (χ4v) is 3.63. The lowest BCUT2D eigenvalue weighted by atomic mass is 9.86. The molecular formula is C16H25NO3S. The molecule has 21 heavy (non-hydrogen) atoms. The molecule has 0 aromatic heterocycles. The normalized spacial score (nSPS) is 17.2. The van der Waals surface area contributed by atoms with Crippen molar-refractivity contribution in [2.24, 2.45) is 5.14 Å². The summed E-state index contributed by atoms with van der Waals surface area (Å²) in [4.78, 5) is 0.186. The van der Waals surface area contributed by atoms with Gasteiger partial charge in [0, 0.05) is 5.56 Å². The highest BCUT2D eigenvalue weighted by atomic mass is 32.2. The van der Waals surface area contributed by atoms with E-state index in [9.17, 15) is 8.42 Å². The molecule has 118 valence electrons. The number of benzene rings is 1. The topological polar surface area (TPSA) is 69.4 Å². The van der Waals surface area contributed by atoms with Gasteiger partial charge < -0.3 is 4.74 Å². The molecule has 0 bridgehead atoms. The Kier molecular flexibility index (Phi) is 4.36. The Hall–Kier alpha value is -1.07. The van der Waals surface area contributed by atoms with Crippen LogP contribution in [-0.2, 0) is 15.4 Å². The van der Waals surface area contributed by atoms with E-state index in [0.717, 1.165) is 24.2 Å². The lowest BCUT2D eigenvalue weighted by molar-refractivity contribution is 0.205. The first-order valence-corrected chi connectivity index (χ1v) is 8.98. The molecule has 0 aliphatic heterocycles. The third kappa shape index (κ3) is 3.77. The molecule has 0 atom stereocenters. The molecule has 1 fully saturated rings.